The fourth-order valence-corrected chi connectivity index (χ4v) is 2.69. The second-order valence-electron chi connectivity index (χ2n) is 4.38. The summed E-state index contributed by atoms with van der Waals surface area (Å²) < 4.78 is 0. The van der Waals surface area contributed by atoms with E-state index in [9.17, 15) is 0 Å². The van der Waals surface area contributed by atoms with Crippen molar-refractivity contribution in [2.45, 2.75) is 18.9 Å². The van der Waals surface area contributed by atoms with Gasteiger partial charge in [0, 0.05) is 11.1 Å². The monoisotopic (exact) mass is 229 g/mol. The zero-order valence-electron chi connectivity index (χ0n) is 9.10. The summed E-state index contributed by atoms with van der Waals surface area (Å²) in [6.07, 6.45) is 2.72. The third kappa shape index (κ3) is 2.12. The van der Waals surface area contributed by atoms with Crippen LogP contribution in [0.25, 0.3) is 0 Å². The Balaban J connectivity index is 1.82. The lowest BCUT2D eigenvalue weighted by atomic mass is 10.0. The number of benzene rings is 1. The highest BCUT2D eigenvalue weighted by Gasteiger charge is 2.32. The third-order valence-corrected chi connectivity index (χ3v) is 3.78. The van der Waals surface area contributed by atoms with E-state index in [4.69, 9.17) is 0 Å². The molecule has 16 heavy (non-hydrogen) atoms. The SMILES string of the molecule is c1ccc(C(Nc2ccsc2)C2CC2)cc1. The van der Waals surface area contributed by atoms with E-state index < -0.39 is 0 Å². The molecule has 1 aromatic heterocycles. The molecule has 82 valence electrons. The molecular weight excluding hydrogens is 214 g/mol. The first kappa shape index (κ1) is 9.91. The van der Waals surface area contributed by atoms with E-state index in [0.29, 0.717) is 6.04 Å². The maximum Gasteiger partial charge on any atom is 0.0542 e. The van der Waals surface area contributed by atoms with E-state index >= 15 is 0 Å². The van der Waals surface area contributed by atoms with Gasteiger partial charge in [-0.1, -0.05) is 30.3 Å². The molecule has 0 aliphatic heterocycles. The summed E-state index contributed by atoms with van der Waals surface area (Å²) in [6.45, 7) is 0. The zero-order valence-corrected chi connectivity index (χ0v) is 9.91. The van der Waals surface area contributed by atoms with Crippen molar-refractivity contribution in [1.29, 1.82) is 0 Å². The summed E-state index contributed by atoms with van der Waals surface area (Å²) in [5, 5.41) is 7.95. The Hall–Kier alpha value is -1.28. The Morgan fingerprint density at radius 1 is 1.12 bits per heavy atom. The van der Waals surface area contributed by atoms with Crippen LogP contribution in [-0.4, -0.2) is 0 Å². The number of anilines is 1. The lowest BCUT2D eigenvalue weighted by Crippen LogP contribution is -2.12. The molecule has 1 unspecified atom stereocenters. The molecule has 2 aromatic rings. The summed E-state index contributed by atoms with van der Waals surface area (Å²) in [5.74, 6) is 0.822. The highest BCUT2D eigenvalue weighted by molar-refractivity contribution is 7.08. The number of nitrogens with one attached hydrogen (secondary N) is 1. The van der Waals surface area contributed by atoms with E-state index in [1.807, 2.05) is 0 Å². The average Bonchev–Trinajstić information content (AvgIpc) is 3.05. The zero-order chi connectivity index (χ0) is 10.8. The summed E-state index contributed by atoms with van der Waals surface area (Å²) in [5.41, 5.74) is 2.67. The molecule has 0 spiro atoms. The normalized spacial score (nSPS) is 17.0. The van der Waals surface area contributed by atoms with Gasteiger partial charge in [0.05, 0.1) is 6.04 Å². The molecule has 0 bridgehead atoms. The van der Waals surface area contributed by atoms with Gasteiger partial charge in [0.1, 0.15) is 0 Å². The van der Waals surface area contributed by atoms with Gasteiger partial charge in [0.15, 0.2) is 0 Å². The number of hydrogen-bond donors (Lipinski definition) is 1. The Bertz CT molecular complexity index is 431. The second-order valence-corrected chi connectivity index (χ2v) is 5.16. The first-order chi connectivity index (χ1) is 7.93. The van der Waals surface area contributed by atoms with Gasteiger partial charge in [-0.15, -0.1) is 0 Å². The van der Waals surface area contributed by atoms with Gasteiger partial charge in [-0.2, -0.15) is 11.3 Å². The fourth-order valence-electron chi connectivity index (χ4n) is 2.09. The van der Waals surface area contributed by atoms with Crippen molar-refractivity contribution < 1.29 is 0 Å². The van der Waals surface area contributed by atoms with Gasteiger partial charge in [-0.05, 0) is 35.8 Å². The van der Waals surface area contributed by atoms with Crippen molar-refractivity contribution in [3.63, 3.8) is 0 Å². The molecule has 1 saturated carbocycles. The van der Waals surface area contributed by atoms with Gasteiger partial charge >= 0.3 is 0 Å². The maximum atomic E-state index is 3.65. The predicted octanol–water partition coefficient (Wildman–Crippen LogP) is 4.31. The Morgan fingerprint density at radius 2 is 1.94 bits per heavy atom. The minimum atomic E-state index is 0.496. The molecule has 0 radical (unpaired) electrons. The molecule has 1 nitrogen and oxygen atoms in total. The van der Waals surface area contributed by atoms with Gasteiger partial charge in [0.25, 0.3) is 0 Å². The molecule has 1 heterocycles. The van der Waals surface area contributed by atoms with E-state index in [2.05, 4.69) is 52.5 Å². The van der Waals surface area contributed by atoms with Crippen LogP contribution < -0.4 is 5.32 Å². The van der Waals surface area contributed by atoms with E-state index in [-0.39, 0.29) is 0 Å². The van der Waals surface area contributed by atoms with Gasteiger partial charge in [0.2, 0.25) is 0 Å². The maximum absolute atomic E-state index is 3.65. The van der Waals surface area contributed by atoms with Crippen molar-refractivity contribution in [3.8, 4) is 0 Å². The minimum absolute atomic E-state index is 0.496. The Kier molecular flexibility index (Phi) is 2.66. The molecular formula is C14H15NS. The summed E-state index contributed by atoms with van der Waals surface area (Å²) in [6, 6.07) is 13.4. The molecule has 1 aromatic carbocycles. The predicted molar refractivity (Wildman–Crippen MR) is 69.8 cm³/mol. The third-order valence-electron chi connectivity index (χ3n) is 3.10. The Labute approximate surface area is 100 Å². The average molecular weight is 229 g/mol. The van der Waals surface area contributed by atoms with Crippen LogP contribution in [0, 0.1) is 5.92 Å². The van der Waals surface area contributed by atoms with Crippen molar-refractivity contribution >= 4 is 17.0 Å². The topological polar surface area (TPSA) is 12.0 Å². The van der Waals surface area contributed by atoms with E-state index in [1.165, 1.54) is 24.1 Å². The van der Waals surface area contributed by atoms with Crippen molar-refractivity contribution in [2.24, 2.45) is 5.92 Å². The van der Waals surface area contributed by atoms with Crippen LogP contribution in [-0.2, 0) is 0 Å². The van der Waals surface area contributed by atoms with Crippen molar-refractivity contribution in [3.05, 3.63) is 52.7 Å². The largest absolute Gasteiger partial charge is 0.377 e. The van der Waals surface area contributed by atoms with Crippen LogP contribution in [0.15, 0.2) is 47.2 Å². The summed E-state index contributed by atoms with van der Waals surface area (Å²) >= 11 is 1.75. The van der Waals surface area contributed by atoms with E-state index in [0.717, 1.165) is 5.92 Å². The molecule has 1 aliphatic rings. The van der Waals surface area contributed by atoms with Crippen molar-refractivity contribution in [1.82, 2.24) is 0 Å². The van der Waals surface area contributed by atoms with Crippen LogP contribution in [0.3, 0.4) is 0 Å². The Morgan fingerprint density at radius 3 is 2.56 bits per heavy atom. The van der Waals surface area contributed by atoms with Crippen LogP contribution >= 0.6 is 11.3 Å². The fraction of sp³-hybridized carbons (Fsp3) is 0.286. The number of thiophene rings is 1. The highest BCUT2D eigenvalue weighted by Crippen LogP contribution is 2.42. The number of hydrogen-bond acceptors (Lipinski definition) is 2. The standard InChI is InChI=1S/C14H15NS/c1-2-4-11(5-3-1)14(12-6-7-12)15-13-8-9-16-10-13/h1-5,8-10,12,14-15H,6-7H2. The molecule has 0 saturated heterocycles. The van der Waals surface area contributed by atoms with Gasteiger partial charge in [-0.3, -0.25) is 0 Å². The highest BCUT2D eigenvalue weighted by atomic mass is 32.1. The second kappa shape index (κ2) is 4.30. The van der Waals surface area contributed by atoms with Crippen LogP contribution in [0.1, 0.15) is 24.4 Å². The summed E-state index contributed by atoms with van der Waals surface area (Å²) in [7, 11) is 0. The molecule has 1 N–H and O–H groups in total. The van der Waals surface area contributed by atoms with Crippen LogP contribution in [0.2, 0.25) is 0 Å². The quantitative estimate of drug-likeness (QED) is 0.823. The van der Waals surface area contributed by atoms with Crippen molar-refractivity contribution in [2.75, 3.05) is 5.32 Å². The summed E-state index contributed by atoms with van der Waals surface area (Å²) in [4.78, 5) is 0. The first-order valence-corrected chi connectivity index (χ1v) is 6.71. The lowest BCUT2D eigenvalue weighted by molar-refractivity contribution is 0.679. The smallest absolute Gasteiger partial charge is 0.0542 e. The van der Waals surface area contributed by atoms with Gasteiger partial charge < -0.3 is 5.32 Å². The molecule has 3 rings (SSSR count). The molecule has 2 heteroatoms. The molecule has 1 aliphatic carbocycles. The first-order valence-electron chi connectivity index (χ1n) is 5.77. The van der Waals surface area contributed by atoms with E-state index in [1.54, 1.807) is 11.3 Å². The number of rotatable bonds is 4. The van der Waals surface area contributed by atoms with Crippen LogP contribution in [0.4, 0.5) is 5.69 Å². The van der Waals surface area contributed by atoms with Crippen LogP contribution in [0.5, 0.6) is 0 Å². The minimum Gasteiger partial charge on any atom is -0.377 e. The molecule has 1 atom stereocenters. The molecule has 1 fully saturated rings. The van der Waals surface area contributed by atoms with Gasteiger partial charge in [-0.25, -0.2) is 0 Å². The molecule has 0 amide bonds. The lowest BCUT2D eigenvalue weighted by Gasteiger charge is -2.19.